The van der Waals surface area contributed by atoms with E-state index < -0.39 is 0 Å². The second kappa shape index (κ2) is 26.7. The van der Waals surface area contributed by atoms with Gasteiger partial charge in [-0.25, -0.2) is 0 Å². The average molecular weight is 470 g/mol. The van der Waals surface area contributed by atoms with Gasteiger partial charge in [0, 0.05) is 29.9 Å². The Labute approximate surface area is 201 Å². The maximum Gasteiger partial charge on any atom is 0.258 e. The molecule has 0 aliphatic carbocycles. The molecule has 184 valence electrons. The first kappa shape index (κ1) is 37.0. The van der Waals surface area contributed by atoms with Gasteiger partial charge in [0.05, 0.1) is 7.11 Å². The van der Waals surface area contributed by atoms with Gasteiger partial charge in [-0.3, -0.25) is 4.79 Å². The molecule has 2 aromatic rings. The lowest BCUT2D eigenvalue weighted by Crippen LogP contribution is -2.31. The SMILES string of the molecule is C=O.CC.CC.CC.CCc1cc(OC)ccc1N(CC)C(=O)c1ccc(Cl)cc1.CO. The first-order chi connectivity index (χ1) is 15.6. The third-order valence-corrected chi connectivity index (χ3v) is 3.86. The van der Waals surface area contributed by atoms with Gasteiger partial charge in [-0.05, 0) is 61.4 Å². The van der Waals surface area contributed by atoms with Crippen LogP contribution in [0.4, 0.5) is 5.69 Å². The number of anilines is 1. The van der Waals surface area contributed by atoms with E-state index in [4.69, 9.17) is 26.2 Å². The minimum atomic E-state index is -0.0287. The van der Waals surface area contributed by atoms with Crippen LogP contribution in [0.3, 0.4) is 0 Å². The molecule has 2 aromatic carbocycles. The lowest BCUT2D eigenvalue weighted by Gasteiger charge is -2.24. The van der Waals surface area contributed by atoms with Crippen molar-refractivity contribution in [2.24, 2.45) is 0 Å². The molecule has 0 aliphatic rings. The Morgan fingerprint density at radius 1 is 0.938 bits per heavy atom. The van der Waals surface area contributed by atoms with Crippen molar-refractivity contribution in [3.63, 3.8) is 0 Å². The highest BCUT2D eigenvalue weighted by atomic mass is 35.5. The summed E-state index contributed by atoms with van der Waals surface area (Å²) in [6.07, 6.45) is 0.830. The smallest absolute Gasteiger partial charge is 0.258 e. The highest BCUT2D eigenvalue weighted by molar-refractivity contribution is 6.30. The summed E-state index contributed by atoms with van der Waals surface area (Å²) >= 11 is 5.89. The number of ether oxygens (including phenoxy) is 1. The highest BCUT2D eigenvalue weighted by Gasteiger charge is 2.18. The molecule has 6 heteroatoms. The molecule has 0 unspecified atom stereocenters. The van der Waals surface area contributed by atoms with E-state index in [1.807, 2.05) is 73.5 Å². The predicted molar refractivity (Wildman–Crippen MR) is 140 cm³/mol. The molecule has 1 amide bonds. The van der Waals surface area contributed by atoms with E-state index in [-0.39, 0.29) is 5.91 Å². The fourth-order valence-corrected chi connectivity index (χ4v) is 2.53. The van der Waals surface area contributed by atoms with Gasteiger partial charge < -0.3 is 19.5 Å². The Hall–Kier alpha value is -2.37. The van der Waals surface area contributed by atoms with Crippen molar-refractivity contribution in [1.82, 2.24) is 0 Å². The lowest BCUT2D eigenvalue weighted by atomic mass is 10.1. The zero-order valence-electron chi connectivity index (χ0n) is 21.7. The van der Waals surface area contributed by atoms with E-state index in [2.05, 4.69) is 6.92 Å². The van der Waals surface area contributed by atoms with Crippen LogP contribution in [0.5, 0.6) is 5.75 Å². The van der Waals surface area contributed by atoms with E-state index in [9.17, 15) is 4.79 Å². The molecule has 0 spiro atoms. The number of aliphatic hydroxyl groups is 1. The van der Waals surface area contributed by atoms with Crippen LogP contribution in [0.1, 0.15) is 71.3 Å². The Kier molecular flexibility index (Phi) is 30.8. The fourth-order valence-electron chi connectivity index (χ4n) is 2.41. The number of carbonyl (C=O) groups is 2. The van der Waals surface area contributed by atoms with Gasteiger partial charge in [-0.15, -0.1) is 0 Å². The van der Waals surface area contributed by atoms with Gasteiger partial charge in [-0.1, -0.05) is 60.1 Å². The van der Waals surface area contributed by atoms with E-state index in [1.54, 1.807) is 36.3 Å². The van der Waals surface area contributed by atoms with Gasteiger partial charge in [0.2, 0.25) is 0 Å². The summed E-state index contributed by atoms with van der Waals surface area (Å²) < 4.78 is 5.27. The Morgan fingerprint density at radius 2 is 1.41 bits per heavy atom. The summed E-state index contributed by atoms with van der Waals surface area (Å²) in [6, 6.07) is 12.8. The zero-order chi connectivity index (χ0) is 26.1. The molecular weight excluding hydrogens is 426 g/mol. The molecule has 0 saturated carbocycles. The zero-order valence-corrected chi connectivity index (χ0v) is 22.4. The van der Waals surface area contributed by atoms with Crippen molar-refractivity contribution in [3.05, 3.63) is 58.6 Å². The number of hydrogen-bond acceptors (Lipinski definition) is 4. The van der Waals surface area contributed by atoms with Crippen molar-refractivity contribution < 1.29 is 19.4 Å². The van der Waals surface area contributed by atoms with Crippen LogP contribution in [-0.2, 0) is 11.2 Å². The maximum atomic E-state index is 12.8. The van der Waals surface area contributed by atoms with Crippen LogP contribution in [0.15, 0.2) is 42.5 Å². The summed E-state index contributed by atoms with van der Waals surface area (Å²) in [5.74, 6) is 0.773. The minimum absolute atomic E-state index is 0.0287. The van der Waals surface area contributed by atoms with Crippen LogP contribution in [0.2, 0.25) is 5.02 Å². The third kappa shape index (κ3) is 13.1. The molecule has 0 radical (unpaired) electrons. The van der Waals surface area contributed by atoms with E-state index >= 15 is 0 Å². The van der Waals surface area contributed by atoms with Crippen LogP contribution in [0, 0.1) is 0 Å². The number of rotatable bonds is 5. The normalized spacial score (nSPS) is 8.00. The van der Waals surface area contributed by atoms with E-state index in [1.165, 1.54) is 0 Å². The molecule has 0 heterocycles. The fraction of sp³-hybridized carbons (Fsp3) is 0.462. The molecule has 0 aromatic heterocycles. The molecule has 2 rings (SSSR count). The van der Waals surface area contributed by atoms with Gasteiger partial charge in [-0.2, -0.15) is 0 Å². The summed E-state index contributed by atoms with van der Waals surface area (Å²) in [5, 5.41) is 7.62. The number of benzene rings is 2. The number of halogens is 1. The minimum Gasteiger partial charge on any atom is -0.497 e. The summed E-state index contributed by atoms with van der Waals surface area (Å²) in [4.78, 5) is 22.5. The summed E-state index contributed by atoms with van der Waals surface area (Å²) in [6.45, 7) is 18.6. The molecule has 0 fully saturated rings. The number of nitrogens with zero attached hydrogens (tertiary/aromatic N) is 1. The van der Waals surface area contributed by atoms with Crippen LogP contribution >= 0.6 is 11.6 Å². The monoisotopic (exact) mass is 469 g/mol. The van der Waals surface area contributed by atoms with Crippen molar-refractivity contribution in [2.45, 2.75) is 61.8 Å². The molecule has 0 bridgehead atoms. The van der Waals surface area contributed by atoms with Crippen LogP contribution in [0.25, 0.3) is 0 Å². The third-order valence-electron chi connectivity index (χ3n) is 3.61. The number of aliphatic hydroxyl groups excluding tert-OH is 1. The molecule has 0 atom stereocenters. The van der Waals surface area contributed by atoms with E-state index in [0.717, 1.165) is 30.5 Å². The number of aryl methyl sites for hydroxylation is 1. The maximum absolute atomic E-state index is 12.8. The quantitative estimate of drug-likeness (QED) is 0.507. The first-order valence-corrected chi connectivity index (χ1v) is 11.5. The summed E-state index contributed by atoms with van der Waals surface area (Å²) in [7, 11) is 2.64. The van der Waals surface area contributed by atoms with Crippen LogP contribution in [-0.4, -0.2) is 38.6 Å². The van der Waals surface area contributed by atoms with Crippen molar-refractivity contribution in [2.75, 3.05) is 25.7 Å². The molecule has 0 saturated heterocycles. The summed E-state index contributed by atoms with van der Waals surface area (Å²) in [5.41, 5.74) is 2.64. The Morgan fingerprint density at radius 3 is 1.78 bits per heavy atom. The topological polar surface area (TPSA) is 66.8 Å². The second-order valence-electron chi connectivity index (χ2n) is 4.90. The number of carbonyl (C=O) groups excluding carboxylic acids is 2. The largest absolute Gasteiger partial charge is 0.497 e. The molecular formula is C26H44ClNO4. The van der Waals surface area contributed by atoms with Gasteiger partial charge in [0.25, 0.3) is 5.91 Å². The van der Waals surface area contributed by atoms with E-state index in [0.29, 0.717) is 17.1 Å². The Bertz CT molecular complexity index is 676. The lowest BCUT2D eigenvalue weighted by molar-refractivity contribution is -0.0980. The van der Waals surface area contributed by atoms with Crippen LogP contribution < -0.4 is 9.64 Å². The number of methoxy groups -OCH3 is 1. The van der Waals surface area contributed by atoms with Gasteiger partial charge >= 0.3 is 0 Å². The van der Waals surface area contributed by atoms with Crippen molar-refractivity contribution in [1.29, 1.82) is 0 Å². The molecule has 0 aliphatic heterocycles. The number of hydrogen-bond donors (Lipinski definition) is 1. The van der Waals surface area contributed by atoms with Gasteiger partial charge in [0.1, 0.15) is 12.5 Å². The average Bonchev–Trinajstić information content (AvgIpc) is 2.90. The van der Waals surface area contributed by atoms with Crippen molar-refractivity contribution in [3.8, 4) is 5.75 Å². The first-order valence-electron chi connectivity index (χ1n) is 11.1. The van der Waals surface area contributed by atoms with Crippen molar-refractivity contribution >= 4 is 30.0 Å². The molecule has 1 N–H and O–H groups in total. The van der Waals surface area contributed by atoms with Gasteiger partial charge in [0.15, 0.2) is 0 Å². The standard InChI is InChI=1S/C18H20ClNO2.3C2H6.CH4O.CH2O/c1-4-13-12-16(22-3)10-11-17(13)20(5-2)18(21)14-6-8-15(19)9-7-14;5*1-2/h6-12H,4-5H2,1-3H3;3*1-2H3;2H,1H3;1H2. The highest BCUT2D eigenvalue weighted by Crippen LogP contribution is 2.27. The molecule has 32 heavy (non-hydrogen) atoms. The molecule has 5 nitrogen and oxygen atoms in total. The second-order valence-corrected chi connectivity index (χ2v) is 5.34. The predicted octanol–water partition coefficient (Wildman–Crippen LogP) is 7.08. The Balaban J connectivity index is -0.000000345. The number of amides is 1.